The fourth-order valence-corrected chi connectivity index (χ4v) is 3.66. The van der Waals surface area contributed by atoms with Crippen molar-refractivity contribution in [2.75, 3.05) is 37.6 Å². The van der Waals surface area contributed by atoms with Gasteiger partial charge in [-0.1, -0.05) is 22.0 Å². The first-order chi connectivity index (χ1) is 10.2. The molecule has 3 unspecified atom stereocenters. The quantitative estimate of drug-likeness (QED) is 0.757. The first-order valence-electron chi connectivity index (χ1n) is 7.92. The van der Waals surface area contributed by atoms with Crippen LogP contribution in [0.4, 0.5) is 5.69 Å². The van der Waals surface area contributed by atoms with Gasteiger partial charge in [-0.25, -0.2) is 0 Å². The molecule has 1 aromatic carbocycles. The van der Waals surface area contributed by atoms with Crippen LogP contribution in [0.25, 0.3) is 0 Å². The summed E-state index contributed by atoms with van der Waals surface area (Å²) in [5.41, 5.74) is 7.85. The Bertz CT molecular complexity index is 467. The Morgan fingerprint density at radius 1 is 1.38 bits per heavy atom. The fourth-order valence-electron chi connectivity index (χ4n) is 3.27. The van der Waals surface area contributed by atoms with Crippen molar-refractivity contribution >= 4 is 21.6 Å². The van der Waals surface area contributed by atoms with E-state index in [1.54, 1.807) is 0 Å². The van der Waals surface area contributed by atoms with E-state index in [2.05, 4.69) is 68.2 Å². The van der Waals surface area contributed by atoms with E-state index < -0.39 is 0 Å². The highest BCUT2D eigenvalue weighted by atomic mass is 79.9. The standard InChI is InChI=1S/C16H25BrN4/c1-12-14(10-19-20-12)9-18-8-13-5-6-21(11-13)16-4-2-3-15(17)7-16/h2-4,7,12-14,18-20H,5-6,8-11H2,1H3. The van der Waals surface area contributed by atoms with Gasteiger partial charge in [-0.3, -0.25) is 10.9 Å². The Kier molecular flexibility index (Phi) is 5.16. The van der Waals surface area contributed by atoms with Crippen LogP contribution in [0.15, 0.2) is 28.7 Å². The fraction of sp³-hybridized carbons (Fsp3) is 0.625. The Balaban J connectivity index is 1.42. The highest BCUT2D eigenvalue weighted by molar-refractivity contribution is 9.10. The number of nitrogens with one attached hydrogen (secondary N) is 3. The molecule has 4 nitrogen and oxygen atoms in total. The number of hydrazine groups is 1. The van der Waals surface area contributed by atoms with Gasteiger partial charge in [0.1, 0.15) is 0 Å². The van der Waals surface area contributed by atoms with Gasteiger partial charge in [0.2, 0.25) is 0 Å². The smallest absolute Gasteiger partial charge is 0.0377 e. The SMILES string of the molecule is CC1NNCC1CNCC1CCN(c2cccc(Br)c2)C1. The van der Waals surface area contributed by atoms with E-state index in [4.69, 9.17) is 0 Å². The van der Waals surface area contributed by atoms with Gasteiger partial charge in [0.25, 0.3) is 0 Å². The van der Waals surface area contributed by atoms with Gasteiger partial charge in [-0.15, -0.1) is 0 Å². The molecule has 3 rings (SSSR count). The summed E-state index contributed by atoms with van der Waals surface area (Å²) in [6, 6.07) is 9.20. The monoisotopic (exact) mass is 352 g/mol. The van der Waals surface area contributed by atoms with Crippen LogP contribution in [-0.2, 0) is 0 Å². The van der Waals surface area contributed by atoms with E-state index in [-0.39, 0.29) is 0 Å². The van der Waals surface area contributed by atoms with Gasteiger partial charge in [-0.05, 0) is 44.0 Å². The van der Waals surface area contributed by atoms with Gasteiger partial charge in [-0.2, -0.15) is 0 Å². The minimum Gasteiger partial charge on any atom is -0.371 e. The lowest BCUT2D eigenvalue weighted by Crippen LogP contribution is -2.35. The third-order valence-corrected chi connectivity index (χ3v) is 5.19. The molecule has 0 saturated carbocycles. The number of benzene rings is 1. The van der Waals surface area contributed by atoms with Crippen LogP contribution in [-0.4, -0.2) is 38.8 Å². The normalized spacial score (nSPS) is 29.2. The molecule has 21 heavy (non-hydrogen) atoms. The van der Waals surface area contributed by atoms with E-state index >= 15 is 0 Å². The molecule has 1 aromatic rings. The zero-order valence-electron chi connectivity index (χ0n) is 12.6. The predicted molar refractivity (Wildman–Crippen MR) is 91.4 cm³/mol. The van der Waals surface area contributed by atoms with Crippen LogP contribution in [0, 0.1) is 11.8 Å². The maximum Gasteiger partial charge on any atom is 0.0377 e. The minimum absolute atomic E-state index is 0.569. The first kappa shape index (κ1) is 15.3. The molecule has 0 radical (unpaired) electrons. The summed E-state index contributed by atoms with van der Waals surface area (Å²) in [6.07, 6.45) is 1.29. The number of hydrogen-bond acceptors (Lipinski definition) is 4. The molecule has 5 heteroatoms. The third-order valence-electron chi connectivity index (χ3n) is 4.70. The number of nitrogens with zero attached hydrogens (tertiary/aromatic N) is 1. The summed E-state index contributed by atoms with van der Waals surface area (Å²) in [4.78, 5) is 2.50. The molecule has 2 fully saturated rings. The molecule has 2 heterocycles. The van der Waals surface area contributed by atoms with Crippen LogP contribution in [0.3, 0.4) is 0 Å². The zero-order valence-corrected chi connectivity index (χ0v) is 14.2. The largest absolute Gasteiger partial charge is 0.371 e. The molecule has 3 N–H and O–H groups in total. The topological polar surface area (TPSA) is 39.3 Å². The summed E-state index contributed by atoms with van der Waals surface area (Å²) in [7, 11) is 0. The summed E-state index contributed by atoms with van der Waals surface area (Å²) in [5.74, 6) is 1.47. The van der Waals surface area contributed by atoms with E-state index in [9.17, 15) is 0 Å². The molecular weight excluding hydrogens is 328 g/mol. The zero-order chi connectivity index (χ0) is 14.7. The molecule has 3 atom stereocenters. The van der Waals surface area contributed by atoms with E-state index in [0.717, 1.165) is 30.0 Å². The van der Waals surface area contributed by atoms with Crippen molar-refractivity contribution < 1.29 is 0 Å². The third kappa shape index (κ3) is 3.97. The van der Waals surface area contributed by atoms with Gasteiger partial charge in [0, 0.05) is 48.3 Å². The Morgan fingerprint density at radius 2 is 2.29 bits per heavy atom. The van der Waals surface area contributed by atoms with Crippen LogP contribution in [0.2, 0.25) is 0 Å². The maximum absolute atomic E-state index is 3.67. The molecule has 116 valence electrons. The van der Waals surface area contributed by atoms with Gasteiger partial charge >= 0.3 is 0 Å². The van der Waals surface area contributed by atoms with E-state index in [1.807, 2.05) is 0 Å². The second-order valence-electron chi connectivity index (χ2n) is 6.31. The van der Waals surface area contributed by atoms with Crippen molar-refractivity contribution in [1.82, 2.24) is 16.2 Å². The lowest BCUT2D eigenvalue weighted by atomic mass is 10.0. The molecule has 0 aromatic heterocycles. The molecule has 0 amide bonds. The Hall–Kier alpha value is -0.620. The van der Waals surface area contributed by atoms with Crippen molar-refractivity contribution in [3.8, 4) is 0 Å². The second kappa shape index (κ2) is 7.09. The van der Waals surface area contributed by atoms with Crippen molar-refractivity contribution in [3.05, 3.63) is 28.7 Å². The first-order valence-corrected chi connectivity index (χ1v) is 8.71. The summed E-state index contributed by atoms with van der Waals surface area (Å²) in [5, 5.41) is 3.67. The molecular formula is C16H25BrN4. The maximum atomic E-state index is 3.67. The molecule has 2 saturated heterocycles. The average Bonchev–Trinajstić information content (AvgIpc) is 3.09. The van der Waals surface area contributed by atoms with Crippen LogP contribution < -0.4 is 21.1 Å². The van der Waals surface area contributed by atoms with Crippen molar-refractivity contribution in [3.63, 3.8) is 0 Å². The van der Waals surface area contributed by atoms with Crippen LogP contribution >= 0.6 is 15.9 Å². The van der Waals surface area contributed by atoms with Crippen molar-refractivity contribution in [2.24, 2.45) is 11.8 Å². The van der Waals surface area contributed by atoms with Gasteiger partial charge in [0.15, 0.2) is 0 Å². The molecule has 0 bridgehead atoms. The number of anilines is 1. The lowest BCUT2D eigenvalue weighted by molar-refractivity contribution is 0.427. The van der Waals surface area contributed by atoms with E-state index in [0.29, 0.717) is 12.0 Å². The number of hydrogen-bond donors (Lipinski definition) is 3. The van der Waals surface area contributed by atoms with Crippen LogP contribution in [0.1, 0.15) is 13.3 Å². The lowest BCUT2D eigenvalue weighted by Gasteiger charge is -2.20. The number of rotatable bonds is 5. The highest BCUT2D eigenvalue weighted by Crippen LogP contribution is 2.25. The average molecular weight is 353 g/mol. The Labute approximate surface area is 135 Å². The predicted octanol–water partition coefficient (Wildman–Crippen LogP) is 1.98. The summed E-state index contributed by atoms with van der Waals surface area (Å²) >= 11 is 3.56. The van der Waals surface area contributed by atoms with E-state index in [1.165, 1.54) is 25.2 Å². The summed E-state index contributed by atoms with van der Waals surface area (Å²) < 4.78 is 1.16. The van der Waals surface area contributed by atoms with Crippen molar-refractivity contribution in [2.45, 2.75) is 19.4 Å². The minimum atomic E-state index is 0.569. The molecule has 0 aliphatic carbocycles. The second-order valence-corrected chi connectivity index (χ2v) is 7.23. The highest BCUT2D eigenvalue weighted by Gasteiger charge is 2.25. The van der Waals surface area contributed by atoms with Crippen LogP contribution in [0.5, 0.6) is 0 Å². The van der Waals surface area contributed by atoms with Crippen molar-refractivity contribution in [1.29, 1.82) is 0 Å². The molecule has 0 spiro atoms. The Morgan fingerprint density at radius 3 is 3.05 bits per heavy atom. The van der Waals surface area contributed by atoms with Gasteiger partial charge < -0.3 is 10.2 Å². The molecule has 2 aliphatic rings. The summed E-state index contributed by atoms with van der Waals surface area (Å²) in [6.45, 7) is 7.90. The molecule has 2 aliphatic heterocycles. The van der Waals surface area contributed by atoms with Gasteiger partial charge in [0.05, 0.1) is 0 Å². The number of halogens is 1.